The third-order valence-corrected chi connectivity index (χ3v) is 8.79. The van der Waals surface area contributed by atoms with Gasteiger partial charge < -0.3 is 4.74 Å². The van der Waals surface area contributed by atoms with Gasteiger partial charge in [0, 0.05) is 6.07 Å². The van der Waals surface area contributed by atoms with Crippen molar-refractivity contribution < 1.29 is 9.13 Å². The molecule has 0 heterocycles. The second kappa shape index (κ2) is 10.5. The molecule has 3 fully saturated rings. The van der Waals surface area contributed by atoms with Crippen LogP contribution in [0, 0.1) is 35.4 Å². The van der Waals surface area contributed by atoms with Crippen molar-refractivity contribution in [3.8, 4) is 5.75 Å². The topological polar surface area (TPSA) is 9.23 Å². The molecule has 4 unspecified atom stereocenters. The van der Waals surface area contributed by atoms with Crippen LogP contribution in [0.15, 0.2) is 18.2 Å². The van der Waals surface area contributed by atoms with Gasteiger partial charge in [0.2, 0.25) is 0 Å². The van der Waals surface area contributed by atoms with Crippen molar-refractivity contribution in [3.05, 3.63) is 29.6 Å². The first-order valence-corrected chi connectivity index (χ1v) is 13.1. The zero-order valence-electron chi connectivity index (χ0n) is 19.4. The standard InChI is InChI=1S/C28H43FO/c1-3-5-20-6-8-21(9-7-20)22-10-11-24-18-25(13-12-23(24)17-22)27-15-14-26(19-28(27)29)30-16-4-2/h14-15,19-25H,3-13,16-18H2,1-2H3. The molecule has 4 atom stereocenters. The molecular weight excluding hydrogens is 371 g/mol. The van der Waals surface area contributed by atoms with E-state index in [9.17, 15) is 4.39 Å². The van der Waals surface area contributed by atoms with Crippen LogP contribution >= 0.6 is 0 Å². The predicted molar refractivity (Wildman–Crippen MR) is 123 cm³/mol. The van der Waals surface area contributed by atoms with Gasteiger partial charge in [-0.3, -0.25) is 0 Å². The maximum absolute atomic E-state index is 14.8. The monoisotopic (exact) mass is 414 g/mol. The molecule has 0 N–H and O–H groups in total. The molecule has 1 nitrogen and oxygen atoms in total. The van der Waals surface area contributed by atoms with Crippen LogP contribution in [-0.4, -0.2) is 6.61 Å². The van der Waals surface area contributed by atoms with Crippen LogP contribution in [0.3, 0.4) is 0 Å². The van der Waals surface area contributed by atoms with Gasteiger partial charge in [-0.1, -0.05) is 45.6 Å². The van der Waals surface area contributed by atoms with Crippen LogP contribution in [0.25, 0.3) is 0 Å². The molecule has 0 amide bonds. The van der Waals surface area contributed by atoms with Crippen molar-refractivity contribution in [1.29, 1.82) is 0 Å². The van der Waals surface area contributed by atoms with E-state index in [1.165, 1.54) is 77.0 Å². The SMILES string of the molecule is CCCOc1ccc(C2CCC3CC(C4CCC(CCC)CC4)CCC3C2)c(F)c1. The maximum atomic E-state index is 14.8. The molecule has 1 aromatic carbocycles. The molecule has 0 aliphatic heterocycles. The minimum absolute atomic E-state index is 0.0513. The van der Waals surface area contributed by atoms with Crippen LogP contribution in [-0.2, 0) is 0 Å². The maximum Gasteiger partial charge on any atom is 0.130 e. The average molecular weight is 415 g/mol. The van der Waals surface area contributed by atoms with Gasteiger partial charge in [0.05, 0.1) is 6.61 Å². The summed E-state index contributed by atoms with van der Waals surface area (Å²) >= 11 is 0. The fourth-order valence-corrected chi connectivity index (χ4v) is 7.14. The van der Waals surface area contributed by atoms with Crippen molar-refractivity contribution in [2.24, 2.45) is 29.6 Å². The number of halogens is 1. The molecule has 0 bridgehead atoms. The summed E-state index contributed by atoms with van der Waals surface area (Å²) < 4.78 is 20.4. The van der Waals surface area contributed by atoms with E-state index in [0.29, 0.717) is 18.3 Å². The van der Waals surface area contributed by atoms with E-state index in [4.69, 9.17) is 4.74 Å². The molecule has 2 heteroatoms. The summed E-state index contributed by atoms with van der Waals surface area (Å²) in [6, 6.07) is 5.60. The van der Waals surface area contributed by atoms with Crippen molar-refractivity contribution in [2.75, 3.05) is 6.61 Å². The van der Waals surface area contributed by atoms with Gasteiger partial charge in [0.1, 0.15) is 11.6 Å². The normalized spacial score (nSPS) is 34.4. The van der Waals surface area contributed by atoms with Gasteiger partial charge in [-0.2, -0.15) is 0 Å². The van der Waals surface area contributed by atoms with Crippen molar-refractivity contribution in [2.45, 2.75) is 103 Å². The summed E-state index contributed by atoms with van der Waals surface area (Å²) in [4.78, 5) is 0. The van der Waals surface area contributed by atoms with Crippen molar-refractivity contribution >= 4 is 0 Å². The summed E-state index contributed by atoms with van der Waals surface area (Å²) in [7, 11) is 0. The zero-order valence-corrected chi connectivity index (χ0v) is 19.4. The summed E-state index contributed by atoms with van der Waals surface area (Å²) in [5, 5.41) is 0. The minimum Gasteiger partial charge on any atom is -0.494 e. The number of hydrogen-bond acceptors (Lipinski definition) is 1. The molecule has 4 rings (SSSR count). The molecule has 168 valence electrons. The highest BCUT2D eigenvalue weighted by Gasteiger charge is 2.39. The highest BCUT2D eigenvalue weighted by atomic mass is 19.1. The van der Waals surface area contributed by atoms with E-state index < -0.39 is 0 Å². The van der Waals surface area contributed by atoms with E-state index in [2.05, 4.69) is 13.8 Å². The zero-order chi connectivity index (χ0) is 20.9. The Morgan fingerprint density at radius 3 is 2.17 bits per heavy atom. The molecule has 0 saturated heterocycles. The lowest BCUT2D eigenvalue weighted by atomic mass is 9.60. The molecule has 0 aromatic heterocycles. The van der Waals surface area contributed by atoms with Gasteiger partial charge in [0.25, 0.3) is 0 Å². The lowest BCUT2D eigenvalue weighted by molar-refractivity contribution is 0.0708. The summed E-state index contributed by atoms with van der Waals surface area (Å²) in [5.41, 5.74) is 0.939. The Morgan fingerprint density at radius 2 is 1.47 bits per heavy atom. The van der Waals surface area contributed by atoms with Gasteiger partial charge >= 0.3 is 0 Å². The second-order valence-electron chi connectivity index (χ2n) is 10.7. The molecule has 0 radical (unpaired) electrons. The third-order valence-electron chi connectivity index (χ3n) is 8.79. The Balaban J connectivity index is 1.30. The quantitative estimate of drug-likeness (QED) is 0.434. The smallest absolute Gasteiger partial charge is 0.130 e. The summed E-state index contributed by atoms with van der Waals surface area (Å²) in [5.74, 6) is 5.78. The van der Waals surface area contributed by atoms with E-state index >= 15 is 0 Å². The molecule has 0 spiro atoms. The lowest BCUT2D eigenvalue weighted by Gasteiger charge is -2.45. The third kappa shape index (κ3) is 5.22. The van der Waals surface area contributed by atoms with Gasteiger partial charge in [-0.25, -0.2) is 4.39 Å². The number of fused-ring (bicyclic) bond motifs is 1. The molecule has 3 aliphatic rings. The van der Waals surface area contributed by atoms with Crippen molar-refractivity contribution in [3.63, 3.8) is 0 Å². The van der Waals surface area contributed by atoms with Gasteiger partial charge in [0.15, 0.2) is 0 Å². The number of rotatable bonds is 7. The summed E-state index contributed by atoms with van der Waals surface area (Å²) in [6.07, 6.45) is 17.7. The van der Waals surface area contributed by atoms with Gasteiger partial charge in [-0.05, 0) is 105 Å². The largest absolute Gasteiger partial charge is 0.494 e. The number of hydrogen-bond donors (Lipinski definition) is 0. The van der Waals surface area contributed by atoms with Crippen molar-refractivity contribution in [1.82, 2.24) is 0 Å². The second-order valence-corrected chi connectivity index (χ2v) is 10.7. The van der Waals surface area contributed by atoms with E-state index in [0.717, 1.165) is 41.6 Å². The number of benzene rings is 1. The fourth-order valence-electron chi connectivity index (χ4n) is 7.14. The molecule has 3 saturated carbocycles. The van der Waals surface area contributed by atoms with Crippen LogP contribution in [0.5, 0.6) is 5.75 Å². The molecule has 30 heavy (non-hydrogen) atoms. The first-order valence-electron chi connectivity index (χ1n) is 13.1. The molecule has 3 aliphatic carbocycles. The van der Waals surface area contributed by atoms with E-state index in [1.54, 1.807) is 6.07 Å². The number of ether oxygens (including phenoxy) is 1. The summed E-state index contributed by atoms with van der Waals surface area (Å²) in [6.45, 7) is 5.08. The molecular formula is C28H43FO. The fraction of sp³-hybridized carbons (Fsp3) is 0.786. The van der Waals surface area contributed by atoms with Crippen LogP contribution in [0.4, 0.5) is 4.39 Å². The van der Waals surface area contributed by atoms with E-state index in [-0.39, 0.29) is 5.82 Å². The van der Waals surface area contributed by atoms with Crippen LogP contribution < -0.4 is 4.74 Å². The van der Waals surface area contributed by atoms with E-state index in [1.807, 2.05) is 12.1 Å². The minimum atomic E-state index is -0.0513. The predicted octanol–water partition coefficient (Wildman–Crippen LogP) is 8.52. The first kappa shape index (κ1) is 22.2. The Labute approximate surface area is 184 Å². The highest BCUT2D eigenvalue weighted by molar-refractivity contribution is 5.31. The Bertz CT molecular complexity index is 663. The highest BCUT2D eigenvalue weighted by Crippen LogP contribution is 2.51. The van der Waals surface area contributed by atoms with Gasteiger partial charge in [-0.15, -0.1) is 0 Å². The Kier molecular flexibility index (Phi) is 7.76. The average Bonchev–Trinajstić information content (AvgIpc) is 2.78. The molecule has 1 aromatic rings. The Morgan fingerprint density at radius 1 is 0.800 bits per heavy atom. The van der Waals surface area contributed by atoms with Crippen LogP contribution in [0.1, 0.15) is 109 Å². The lowest BCUT2D eigenvalue weighted by Crippen LogP contribution is -2.34. The first-order chi connectivity index (χ1) is 14.7. The Hall–Kier alpha value is -1.05. The van der Waals surface area contributed by atoms with Crippen LogP contribution in [0.2, 0.25) is 0 Å².